The van der Waals surface area contributed by atoms with Crippen molar-refractivity contribution in [3.8, 4) is 5.75 Å². The van der Waals surface area contributed by atoms with Crippen LogP contribution in [0.15, 0.2) is 71.6 Å². The normalized spacial score (nSPS) is 11.0. The van der Waals surface area contributed by atoms with E-state index in [2.05, 4.69) is 10.0 Å². The first-order valence-electron chi connectivity index (χ1n) is 9.53. The summed E-state index contributed by atoms with van der Waals surface area (Å²) < 4.78 is 33.1. The molecule has 156 valence electrons. The van der Waals surface area contributed by atoms with Gasteiger partial charge >= 0.3 is 0 Å². The summed E-state index contributed by atoms with van der Waals surface area (Å²) in [6.07, 6.45) is 0. The van der Waals surface area contributed by atoms with Gasteiger partial charge in [0.2, 0.25) is 0 Å². The third-order valence-electron chi connectivity index (χ3n) is 4.47. The Labute approximate surface area is 177 Å². The Hall–Kier alpha value is -3.32. The lowest BCUT2D eigenvalue weighted by molar-refractivity contribution is 0.102. The molecule has 7 heteroatoms. The quantitative estimate of drug-likeness (QED) is 0.573. The highest BCUT2D eigenvalue weighted by Crippen LogP contribution is 2.21. The van der Waals surface area contributed by atoms with Crippen LogP contribution in [0.3, 0.4) is 0 Å². The van der Waals surface area contributed by atoms with E-state index in [0.717, 1.165) is 11.1 Å². The molecule has 0 spiro atoms. The lowest BCUT2D eigenvalue weighted by atomic mass is 10.1. The van der Waals surface area contributed by atoms with Gasteiger partial charge in [0.05, 0.1) is 11.5 Å². The minimum Gasteiger partial charge on any atom is -0.494 e. The molecular formula is C23H24N2O4S. The van der Waals surface area contributed by atoms with Crippen molar-refractivity contribution >= 4 is 27.3 Å². The number of anilines is 2. The van der Waals surface area contributed by atoms with Gasteiger partial charge in [-0.2, -0.15) is 0 Å². The van der Waals surface area contributed by atoms with Gasteiger partial charge in [0, 0.05) is 16.9 Å². The maximum atomic E-state index is 12.6. The van der Waals surface area contributed by atoms with E-state index in [9.17, 15) is 13.2 Å². The first kappa shape index (κ1) is 21.4. The maximum Gasteiger partial charge on any atom is 0.261 e. The van der Waals surface area contributed by atoms with E-state index in [4.69, 9.17) is 4.74 Å². The molecule has 6 nitrogen and oxygen atoms in total. The van der Waals surface area contributed by atoms with Crippen LogP contribution in [0.2, 0.25) is 0 Å². The molecule has 0 aliphatic rings. The predicted octanol–water partition coefficient (Wildman–Crippen LogP) is 4.76. The summed E-state index contributed by atoms with van der Waals surface area (Å²) in [5.41, 5.74) is 3.49. The average Bonchev–Trinajstić information content (AvgIpc) is 2.70. The minimum atomic E-state index is -3.75. The van der Waals surface area contributed by atoms with Gasteiger partial charge in [0.15, 0.2) is 0 Å². The van der Waals surface area contributed by atoms with Crippen LogP contribution >= 0.6 is 0 Å². The van der Waals surface area contributed by atoms with E-state index in [1.807, 2.05) is 32.9 Å². The highest BCUT2D eigenvalue weighted by molar-refractivity contribution is 7.92. The van der Waals surface area contributed by atoms with Gasteiger partial charge in [-0.05, 0) is 80.9 Å². The molecule has 2 N–H and O–H groups in total. The summed E-state index contributed by atoms with van der Waals surface area (Å²) in [4.78, 5) is 12.6. The molecule has 0 radical (unpaired) electrons. The summed E-state index contributed by atoms with van der Waals surface area (Å²) in [5, 5.41) is 2.80. The van der Waals surface area contributed by atoms with Crippen molar-refractivity contribution in [2.75, 3.05) is 16.6 Å². The van der Waals surface area contributed by atoms with E-state index in [-0.39, 0.29) is 10.8 Å². The third kappa shape index (κ3) is 5.18. The average molecular weight is 425 g/mol. The molecule has 3 rings (SSSR count). The number of hydrogen-bond donors (Lipinski definition) is 2. The van der Waals surface area contributed by atoms with Crippen molar-refractivity contribution in [1.82, 2.24) is 0 Å². The highest BCUT2D eigenvalue weighted by atomic mass is 32.2. The van der Waals surface area contributed by atoms with Gasteiger partial charge in [-0.25, -0.2) is 8.42 Å². The van der Waals surface area contributed by atoms with Crippen LogP contribution in [0.25, 0.3) is 0 Å². The van der Waals surface area contributed by atoms with Crippen molar-refractivity contribution in [1.29, 1.82) is 0 Å². The molecule has 0 aliphatic carbocycles. The molecule has 0 aromatic heterocycles. The molecular weight excluding hydrogens is 400 g/mol. The molecule has 0 heterocycles. The minimum absolute atomic E-state index is 0.0981. The Morgan fingerprint density at radius 3 is 2.13 bits per heavy atom. The second-order valence-corrected chi connectivity index (χ2v) is 8.54. The van der Waals surface area contributed by atoms with Gasteiger partial charge in [-0.3, -0.25) is 9.52 Å². The highest BCUT2D eigenvalue weighted by Gasteiger charge is 2.15. The van der Waals surface area contributed by atoms with Crippen molar-refractivity contribution in [2.24, 2.45) is 0 Å². The van der Waals surface area contributed by atoms with Gasteiger partial charge in [-0.15, -0.1) is 0 Å². The third-order valence-corrected chi connectivity index (χ3v) is 5.86. The molecule has 3 aromatic carbocycles. The zero-order valence-electron chi connectivity index (χ0n) is 17.1. The number of nitrogens with one attached hydrogen (secondary N) is 2. The van der Waals surface area contributed by atoms with E-state index in [1.54, 1.807) is 42.5 Å². The van der Waals surface area contributed by atoms with Crippen LogP contribution in [0.5, 0.6) is 5.75 Å². The summed E-state index contributed by atoms with van der Waals surface area (Å²) in [5.74, 6) is 0.431. The van der Waals surface area contributed by atoms with Crippen molar-refractivity contribution in [2.45, 2.75) is 25.7 Å². The topological polar surface area (TPSA) is 84.5 Å². The second-order valence-electron chi connectivity index (χ2n) is 6.86. The summed E-state index contributed by atoms with van der Waals surface area (Å²) in [6.45, 7) is 6.27. The second kappa shape index (κ2) is 9.00. The summed E-state index contributed by atoms with van der Waals surface area (Å²) in [6, 6.07) is 18.3. The molecule has 0 aliphatic heterocycles. The molecule has 0 atom stereocenters. The fourth-order valence-electron chi connectivity index (χ4n) is 2.98. The van der Waals surface area contributed by atoms with Gasteiger partial charge in [-0.1, -0.05) is 17.7 Å². The Morgan fingerprint density at radius 1 is 0.900 bits per heavy atom. The lowest BCUT2D eigenvalue weighted by Crippen LogP contribution is -2.15. The van der Waals surface area contributed by atoms with Gasteiger partial charge < -0.3 is 10.1 Å². The molecule has 3 aromatic rings. The first-order chi connectivity index (χ1) is 14.3. The summed E-state index contributed by atoms with van der Waals surface area (Å²) >= 11 is 0. The predicted molar refractivity (Wildman–Crippen MR) is 119 cm³/mol. The Morgan fingerprint density at radius 2 is 1.53 bits per heavy atom. The zero-order valence-corrected chi connectivity index (χ0v) is 17.9. The number of ether oxygens (including phenoxy) is 1. The molecule has 1 amide bonds. The molecule has 0 fully saturated rings. The van der Waals surface area contributed by atoms with Crippen LogP contribution in [0.4, 0.5) is 11.4 Å². The summed E-state index contributed by atoms with van der Waals surface area (Å²) in [7, 11) is -3.75. The van der Waals surface area contributed by atoms with Gasteiger partial charge in [0.1, 0.15) is 5.75 Å². The van der Waals surface area contributed by atoms with E-state index in [0.29, 0.717) is 29.3 Å². The van der Waals surface area contributed by atoms with Crippen molar-refractivity contribution in [3.05, 3.63) is 83.4 Å². The van der Waals surface area contributed by atoms with E-state index in [1.165, 1.54) is 12.1 Å². The number of hydrogen-bond acceptors (Lipinski definition) is 4. The number of carbonyl (C=O) groups excluding carboxylic acids is 1. The SMILES string of the molecule is CCOc1ccc(NS(=O)(=O)c2ccc(NC(=O)c3ccc(C)cc3C)cc2)cc1. The van der Waals surface area contributed by atoms with Crippen molar-refractivity contribution in [3.63, 3.8) is 0 Å². The Kier molecular flexibility index (Phi) is 6.42. The van der Waals surface area contributed by atoms with Crippen LogP contribution in [-0.4, -0.2) is 20.9 Å². The number of aryl methyl sites for hydroxylation is 2. The van der Waals surface area contributed by atoms with Crippen LogP contribution in [0.1, 0.15) is 28.4 Å². The molecule has 0 saturated heterocycles. The number of carbonyl (C=O) groups is 1. The van der Waals surface area contributed by atoms with Crippen LogP contribution in [-0.2, 0) is 10.0 Å². The van der Waals surface area contributed by atoms with Gasteiger partial charge in [0.25, 0.3) is 15.9 Å². The van der Waals surface area contributed by atoms with Crippen LogP contribution < -0.4 is 14.8 Å². The number of benzene rings is 3. The fraction of sp³-hybridized carbons (Fsp3) is 0.174. The number of sulfonamides is 1. The fourth-order valence-corrected chi connectivity index (χ4v) is 4.04. The molecule has 0 unspecified atom stereocenters. The number of rotatable bonds is 7. The molecule has 0 saturated carbocycles. The molecule has 0 bridgehead atoms. The Balaban J connectivity index is 1.70. The maximum absolute atomic E-state index is 12.6. The largest absolute Gasteiger partial charge is 0.494 e. The monoisotopic (exact) mass is 424 g/mol. The number of amides is 1. The lowest BCUT2D eigenvalue weighted by Gasteiger charge is -2.11. The standard InChI is InChI=1S/C23H24N2O4S/c1-4-29-20-10-6-19(7-11-20)25-30(27,28)21-12-8-18(9-13-21)24-23(26)22-14-5-16(2)15-17(22)3/h5-15,25H,4H2,1-3H3,(H,24,26). The smallest absolute Gasteiger partial charge is 0.261 e. The van der Waals surface area contributed by atoms with E-state index >= 15 is 0 Å². The zero-order chi connectivity index (χ0) is 21.7. The van der Waals surface area contributed by atoms with Crippen molar-refractivity contribution < 1.29 is 17.9 Å². The van der Waals surface area contributed by atoms with Crippen LogP contribution in [0, 0.1) is 13.8 Å². The Bertz CT molecular complexity index is 1140. The van der Waals surface area contributed by atoms with E-state index < -0.39 is 10.0 Å². The molecule has 30 heavy (non-hydrogen) atoms. The first-order valence-corrected chi connectivity index (χ1v) is 11.0.